The second-order valence-electron chi connectivity index (χ2n) is 2.55. The van der Waals surface area contributed by atoms with Gasteiger partial charge in [-0.3, -0.25) is 4.79 Å². The van der Waals surface area contributed by atoms with Crippen LogP contribution >= 0.6 is 0 Å². The molecule has 4 heteroatoms. The smallest absolute Gasteiger partial charge is 0.250 e. The molecule has 0 saturated heterocycles. The van der Waals surface area contributed by atoms with Gasteiger partial charge in [0.1, 0.15) is 6.04 Å². The van der Waals surface area contributed by atoms with E-state index in [1.165, 1.54) is 0 Å². The zero-order valence-corrected chi connectivity index (χ0v) is 6.69. The van der Waals surface area contributed by atoms with Crippen LogP contribution < -0.4 is 5.73 Å². The summed E-state index contributed by atoms with van der Waals surface area (Å²) in [4.78, 5) is 12.3. The van der Waals surface area contributed by atoms with Crippen LogP contribution in [0.4, 0.5) is 0 Å². The summed E-state index contributed by atoms with van der Waals surface area (Å²) < 4.78 is 0. The molecule has 1 heterocycles. The van der Waals surface area contributed by atoms with Crippen LogP contribution in [0.2, 0.25) is 0 Å². The number of likely N-dealkylation sites (N-methyl/N-ethyl adjacent to an activating group) is 1. The second kappa shape index (κ2) is 3.09. The number of nitrogens with two attached hydrogens (primary N) is 1. The third-order valence-electron chi connectivity index (χ3n) is 1.66. The number of hydrogen-bond donors (Lipinski definition) is 1. The van der Waals surface area contributed by atoms with E-state index < -0.39 is 5.91 Å². The predicted molar refractivity (Wildman–Crippen MR) is 43.6 cm³/mol. The van der Waals surface area contributed by atoms with Gasteiger partial charge < -0.3 is 10.6 Å². The first-order chi connectivity index (χ1) is 5.65. The molecule has 0 aliphatic carbocycles. The van der Waals surface area contributed by atoms with Crippen molar-refractivity contribution in [3.8, 4) is 6.07 Å². The van der Waals surface area contributed by atoms with Gasteiger partial charge in [0.25, 0.3) is 0 Å². The van der Waals surface area contributed by atoms with Crippen LogP contribution in [0.25, 0.3) is 0 Å². The average Bonchev–Trinajstić information content (AvgIpc) is 2.04. The van der Waals surface area contributed by atoms with E-state index in [0.717, 1.165) is 0 Å². The summed E-state index contributed by atoms with van der Waals surface area (Å²) in [6, 6.07) is 1.76. The van der Waals surface area contributed by atoms with Gasteiger partial charge in [-0.05, 0) is 12.2 Å². The Morgan fingerprint density at radius 3 is 2.92 bits per heavy atom. The van der Waals surface area contributed by atoms with E-state index in [1.54, 1.807) is 30.3 Å². The number of carbonyl (C=O) groups excluding carboxylic acids is 1. The number of amides is 1. The lowest BCUT2D eigenvalue weighted by molar-refractivity contribution is -0.114. The van der Waals surface area contributed by atoms with E-state index >= 15 is 0 Å². The van der Waals surface area contributed by atoms with Crippen LogP contribution in [-0.2, 0) is 4.79 Å². The number of carbonyl (C=O) groups is 1. The Bertz CT molecular complexity index is 298. The molecule has 0 unspecified atom stereocenters. The van der Waals surface area contributed by atoms with Gasteiger partial charge in [-0.15, -0.1) is 0 Å². The second-order valence-corrected chi connectivity index (χ2v) is 2.55. The van der Waals surface area contributed by atoms with E-state index in [4.69, 9.17) is 11.0 Å². The lowest BCUT2D eigenvalue weighted by atomic mass is 10.1. The molecule has 0 bridgehead atoms. The highest BCUT2D eigenvalue weighted by Gasteiger charge is 2.14. The molecule has 1 aliphatic heterocycles. The number of rotatable bonds is 1. The molecule has 2 N–H and O–H groups in total. The Balaban J connectivity index is 2.84. The molecule has 0 fully saturated rings. The van der Waals surface area contributed by atoms with Crippen LogP contribution in [0.5, 0.6) is 0 Å². The van der Waals surface area contributed by atoms with E-state index in [0.29, 0.717) is 5.57 Å². The molecule has 0 aromatic carbocycles. The normalized spacial score (nSPS) is 21.5. The van der Waals surface area contributed by atoms with Gasteiger partial charge in [0.2, 0.25) is 5.91 Å². The summed E-state index contributed by atoms with van der Waals surface area (Å²) in [7, 11) is 1.72. The molecule has 1 amide bonds. The lowest BCUT2D eigenvalue weighted by Gasteiger charge is -2.21. The number of nitriles is 1. The summed E-state index contributed by atoms with van der Waals surface area (Å²) in [6.07, 6.45) is 4.77. The first-order valence-electron chi connectivity index (χ1n) is 3.46. The van der Waals surface area contributed by atoms with Crippen LogP contribution in [-0.4, -0.2) is 23.9 Å². The van der Waals surface area contributed by atoms with Gasteiger partial charge in [0.05, 0.1) is 11.6 Å². The quantitative estimate of drug-likeness (QED) is 0.579. The van der Waals surface area contributed by atoms with Crippen LogP contribution in [0.1, 0.15) is 0 Å². The van der Waals surface area contributed by atoms with Crippen molar-refractivity contribution in [2.45, 2.75) is 6.04 Å². The molecule has 0 aromatic heterocycles. The highest BCUT2D eigenvalue weighted by Crippen LogP contribution is 2.10. The zero-order valence-electron chi connectivity index (χ0n) is 6.69. The molecule has 1 atom stereocenters. The van der Waals surface area contributed by atoms with Crippen molar-refractivity contribution < 1.29 is 4.79 Å². The molecule has 1 aliphatic rings. The van der Waals surface area contributed by atoms with Gasteiger partial charge in [-0.25, -0.2) is 0 Å². The van der Waals surface area contributed by atoms with E-state index in [1.807, 2.05) is 0 Å². The van der Waals surface area contributed by atoms with E-state index in [9.17, 15) is 4.79 Å². The molecule has 4 nitrogen and oxygen atoms in total. The Labute approximate surface area is 70.6 Å². The Kier molecular flexibility index (Phi) is 2.15. The lowest BCUT2D eigenvalue weighted by Crippen LogP contribution is -2.28. The molecular weight excluding hydrogens is 154 g/mol. The maximum atomic E-state index is 10.7. The number of nitrogens with zero attached hydrogens (tertiary/aromatic N) is 2. The third kappa shape index (κ3) is 1.45. The van der Waals surface area contributed by atoms with Crippen molar-refractivity contribution in [2.75, 3.05) is 7.05 Å². The van der Waals surface area contributed by atoms with Crippen molar-refractivity contribution in [3.05, 3.63) is 23.9 Å². The first kappa shape index (κ1) is 8.34. The Morgan fingerprint density at radius 1 is 1.83 bits per heavy atom. The van der Waals surface area contributed by atoms with E-state index in [-0.39, 0.29) is 6.04 Å². The summed E-state index contributed by atoms with van der Waals surface area (Å²) in [5.74, 6) is -0.477. The van der Waals surface area contributed by atoms with Crippen molar-refractivity contribution in [3.63, 3.8) is 0 Å². The minimum absolute atomic E-state index is 0.298. The Morgan fingerprint density at radius 2 is 2.50 bits per heavy atom. The van der Waals surface area contributed by atoms with Gasteiger partial charge in [-0.2, -0.15) is 5.26 Å². The molecule has 1 rings (SSSR count). The molecule has 0 spiro atoms. The van der Waals surface area contributed by atoms with Crippen LogP contribution in [0.3, 0.4) is 0 Å². The zero-order chi connectivity index (χ0) is 9.14. The maximum absolute atomic E-state index is 10.7. The maximum Gasteiger partial charge on any atom is 0.250 e. The predicted octanol–water partition coefficient (Wildman–Crippen LogP) is -0.251. The van der Waals surface area contributed by atoms with Gasteiger partial charge in [-0.1, -0.05) is 0 Å². The van der Waals surface area contributed by atoms with Gasteiger partial charge >= 0.3 is 0 Å². The standard InChI is InChI=1S/C8H9N3O/c1-11-5-6(8(10)12)2-3-7(11)4-9/h2-3,5,7H,1H3,(H2,10,12)/t7-/m0/s1. The fourth-order valence-electron chi connectivity index (χ4n) is 0.953. The van der Waals surface area contributed by atoms with Crippen LogP contribution in [0, 0.1) is 11.3 Å². The molecule has 0 saturated carbocycles. The minimum atomic E-state index is -0.477. The highest BCUT2D eigenvalue weighted by atomic mass is 16.1. The van der Waals surface area contributed by atoms with E-state index in [2.05, 4.69) is 6.07 Å². The fourth-order valence-corrected chi connectivity index (χ4v) is 0.953. The molecule has 0 aromatic rings. The number of hydrogen-bond acceptors (Lipinski definition) is 3. The first-order valence-corrected chi connectivity index (χ1v) is 3.46. The highest BCUT2D eigenvalue weighted by molar-refractivity contribution is 5.94. The fraction of sp³-hybridized carbons (Fsp3) is 0.250. The van der Waals surface area contributed by atoms with Crippen molar-refractivity contribution in [1.29, 1.82) is 5.26 Å². The average molecular weight is 163 g/mol. The largest absolute Gasteiger partial charge is 0.366 e. The summed E-state index contributed by atoms with van der Waals surface area (Å²) in [6.45, 7) is 0. The van der Waals surface area contributed by atoms with Gasteiger partial charge in [0.15, 0.2) is 0 Å². The van der Waals surface area contributed by atoms with Crippen LogP contribution in [0.15, 0.2) is 23.9 Å². The number of primary amides is 1. The topological polar surface area (TPSA) is 70.1 Å². The Hall–Kier alpha value is -1.76. The monoisotopic (exact) mass is 163 g/mol. The van der Waals surface area contributed by atoms with Crippen molar-refractivity contribution in [2.24, 2.45) is 5.73 Å². The van der Waals surface area contributed by atoms with Crippen molar-refractivity contribution >= 4 is 5.91 Å². The summed E-state index contributed by atoms with van der Waals surface area (Å²) in [5, 5.41) is 8.60. The van der Waals surface area contributed by atoms with Gasteiger partial charge in [0, 0.05) is 13.2 Å². The summed E-state index contributed by atoms with van der Waals surface area (Å²) >= 11 is 0. The molecule has 62 valence electrons. The summed E-state index contributed by atoms with van der Waals surface area (Å²) in [5.41, 5.74) is 5.47. The third-order valence-corrected chi connectivity index (χ3v) is 1.66. The molecular formula is C8H9N3O. The SMILES string of the molecule is CN1C=C(C(N)=O)C=C[C@H]1C#N. The minimum Gasteiger partial charge on any atom is -0.366 e. The van der Waals surface area contributed by atoms with Crippen molar-refractivity contribution in [1.82, 2.24) is 4.90 Å². The molecule has 12 heavy (non-hydrogen) atoms. The molecule has 0 radical (unpaired) electrons.